The Balaban J connectivity index is 2.42. The summed E-state index contributed by atoms with van der Waals surface area (Å²) in [5.74, 6) is 0.101. The zero-order chi connectivity index (χ0) is 15.6. The van der Waals surface area contributed by atoms with E-state index in [2.05, 4.69) is 15.6 Å². The number of pyridine rings is 1. The molecule has 8 heteroatoms. The van der Waals surface area contributed by atoms with E-state index in [1.165, 1.54) is 13.1 Å². The number of benzene rings is 1. The largest absolute Gasteiger partial charge is 0.416 e. The minimum absolute atomic E-state index is 0.0124. The Morgan fingerprint density at radius 2 is 1.71 bits per heavy atom. The van der Waals surface area contributed by atoms with Crippen molar-refractivity contribution in [1.29, 1.82) is 0 Å². The zero-order valence-electron chi connectivity index (χ0n) is 10.7. The molecule has 2 rings (SSSR count). The molecule has 0 bridgehead atoms. The summed E-state index contributed by atoms with van der Waals surface area (Å²) >= 11 is 11.8. The van der Waals surface area contributed by atoms with Crippen molar-refractivity contribution in [1.82, 2.24) is 4.98 Å². The summed E-state index contributed by atoms with van der Waals surface area (Å²) < 4.78 is 38.5. The van der Waals surface area contributed by atoms with E-state index >= 15 is 0 Å². The molecule has 0 saturated carbocycles. The van der Waals surface area contributed by atoms with Gasteiger partial charge in [-0.05, 0) is 30.3 Å². The van der Waals surface area contributed by atoms with Crippen LogP contribution in [0.2, 0.25) is 10.0 Å². The van der Waals surface area contributed by atoms with Gasteiger partial charge >= 0.3 is 6.18 Å². The lowest BCUT2D eigenvalue weighted by Gasteiger charge is -2.13. The Bertz CT molecular complexity index is 660. The molecule has 0 spiro atoms. The summed E-state index contributed by atoms with van der Waals surface area (Å²) in [6.45, 7) is 0. The smallest absolute Gasteiger partial charge is 0.373 e. The second-order valence-electron chi connectivity index (χ2n) is 4.12. The lowest BCUT2D eigenvalue weighted by Crippen LogP contribution is -2.08. The maximum Gasteiger partial charge on any atom is 0.416 e. The van der Waals surface area contributed by atoms with E-state index < -0.39 is 11.7 Å². The molecule has 1 aromatic carbocycles. The van der Waals surface area contributed by atoms with Gasteiger partial charge < -0.3 is 10.6 Å². The predicted molar refractivity (Wildman–Crippen MR) is 78.5 cm³/mol. The van der Waals surface area contributed by atoms with Crippen molar-refractivity contribution in [3.63, 3.8) is 0 Å². The Hall–Kier alpha value is -1.66. The molecule has 0 unspecified atom stereocenters. The summed E-state index contributed by atoms with van der Waals surface area (Å²) in [4.78, 5) is 4.01. The van der Waals surface area contributed by atoms with Crippen LogP contribution in [0.1, 0.15) is 5.56 Å². The van der Waals surface area contributed by atoms with E-state index in [0.29, 0.717) is 15.7 Å². The highest BCUT2D eigenvalue weighted by Gasteiger charge is 2.31. The average molecular weight is 336 g/mol. The second kappa shape index (κ2) is 5.99. The van der Waals surface area contributed by atoms with Crippen LogP contribution in [0, 0.1) is 0 Å². The molecule has 1 heterocycles. The number of rotatable bonds is 3. The van der Waals surface area contributed by atoms with E-state index in [1.54, 1.807) is 12.1 Å². The number of hydrogen-bond donors (Lipinski definition) is 2. The van der Waals surface area contributed by atoms with Crippen LogP contribution in [-0.2, 0) is 6.18 Å². The van der Waals surface area contributed by atoms with Gasteiger partial charge in [-0.2, -0.15) is 13.2 Å². The zero-order valence-corrected chi connectivity index (χ0v) is 12.2. The maximum absolute atomic E-state index is 12.8. The van der Waals surface area contributed by atoms with Crippen LogP contribution in [0.5, 0.6) is 0 Å². The number of nitrogens with zero attached hydrogens (tertiary/aromatic N) is 1. The predicted octanol–water partition coefficient (Wildman–Crippen LogP) is 5.19. The molecule has 0 radical (unpaired) electrons. The van der Waals surface area contributed by atoms with Crippen molar-refractivity contribution in [2.24, 2.45) is 0 Å². The summed E-state index contributed by atoms with van der Waals surface area (Å²) in [6, 6.07) is 6.44. The third kappa shape index (κ3) is 3.92. The van der Waals surface area contributed by atoms with Crippen LogP contribution < -0.4 is 10.6 Å². The molecule has 21 heavy (non-hydrogen) atoms. The number of hydrogen-bond acceptors (Lipinski definition) is 3. The first-order valence-electron chi connectivity index (χ1n) is 5.78. The Labute approximate surface area is 129 Å². The Morgan fingerprint density at radius 1 is 1.05 bits per heavy atom. The summed E-state index contributed by atoms with van der Waals surface area (Å²) in [5, 5.41) is 6.04. The van der Waals surface area contributed by atoms with Crippen LogP contribution in [0.3, 0.4) is 0 Å². The van der Waals surface area contributed by atoms with Gasteiger partial charge in [-0.15, -0.1) is 0 Å². The van der Waals surface area contributed by atoms with Crippen LogP contribution in [0.15, 0.2) is 30.3 Å². The molecular formula is C13H10Cl2F3N3. The van der Waals surface area contributed by atoms with Crippen LogP contribution >= 0.6 is 23.2 Å². The van der Waals surface area contributed by atoms with Gasteiger partial charge in [0.15, 0.2) is 0 Å². The average Bonchev–Trinajstić information content (AvgIpc) is 2.41. The number of anilines is 3. The van der Waals surface area contributed by atoms with E-state index in [0.717, 1.165) is 12.1 Å². The summed E-state index contributed by atoms with van der Waals surface area (Å²) in [5.41, 5.74) is -0.444. The third-order valence-corrected chi connectivity index (χ3v) is 3.16. The van der Waals surface area contributed by atoms with Crippen molar-refractivity contribution >= 4 is 40.5 Å². The minimum atomic E-state index is -4.47. The Morgan fingerprint density at radius 3 is 2.33 bits per heavy atom. The van der Waals surface area contributed by atoms with Crippen LogP contribution in [-0.4, -0.2) is 12.0 Å². The van der Waals surface area contributed by atoms with Crippen molar-refractivity contribution in [2.75, 3.05) is 17.7 Å². The molecule has 2 N–H and O–H groups in total. The molecule has 0 amide bonds. The first-order valence-corrected chi connectivity index (χ1v) is 6.54. The molecule has 0 aliphatic heterocycles. The first-order chi connectivity index (χ1) is 9.79. The number of alkyl halides is 3. The highest BCUT2D eigenvalue weighted by atomic mass is 35.5. The molecule has 0 aliphatic carbocycles. The van der Waals surface area contributed by atoms with Crippen LogP contribution in [0.4, 0.5) is 30.5 Å². The Kier molecular flexibility index (Phi) is 4.49. The minimum Gasteiger partial charge on any atom is -0.373 e. The normalized spacial score (nSPS) is 11.3. The van der Waals surface area contributed by atoms with Gasteiger partial charge in [0.25, 0.3) is 0 Å². The molecule has 0 atom stereocenters. The fourth-order valence-corrected chi connectivity index (χ4v) is 1.95. The number of aromatic nitrogens is 1. The van der Waals surface area contributed by atoms with Gasteiger partial charge in [-0.1, -0.05) is 23.2 Å². The monoisotopic (exact) mass is 335 g/mol. The molecular weight excluding hydrogens is 326 g/mol. The fraction of sp³-hybridized carbons (Fsp3) is 0.154. The summed E-state index contributed by atoms with van der Waals surface area (Å²) in [6.07, 6.45) is -4.47. The van der Waals surface area contributed by atoms with E-state index in [9.17, 15) is 13.2 Å². The highest BCUT2D eigenvalue weighted by Crippen LogP contribution is 2.34. The van der Waals surface area contributed by atoms with Crippen molar-refractivity contribution in [2.45, 2.75) is 6.18 Å². The lowest BCUT2D eigenvalue weighted by atomic mass is 10.2. The third-order valence-electron chi connectivity index (χ3n) is 2.60. The molecule has 0 fully saturated rings. The lowest BCUT2D eigenvalue weighted by molar-refractivity contribution is -0.137. The number of halogens is 5. The van der Waals surface area contributed by atoms with Gasteiger partial charge in [-0.3, -0.25) is 0 Å². The second-order valence-corrected chi connectivity index (χ2v) is 4.97. The maximum atomic E-state index is 12.8. The fourth-order valence-electron chi connectivity index (χ4n) is 1.62. The van der Waals surface area contributed by atoms with Crippen molar-refractivity contribution < 1.29 is 13.2 Å². The molecule has 0 saturated heterocycles. The molecule has 3 nitrogen and oxygen atoms in total. The highest BCUT2D eigenvalue weighted by molar-refractivity contribution is 6.35. The molecule has 1 aromatic heterocycles. The molecule has 2 aromatic rings. The van der Waals surface area contributed by atoms with E-state index in [4.69, 9.17) is 23.2 Å². The van der Waals surface area contributed by atoms with E-state index in [-0.39, 0.29) is 11.6 Å². The topological polar surface area (TPSA) is 37.0 Å². The van der Waals surface area contributed by atoms with Gasteiger partial charge in [0.2, 0.25) is 0 Å². The van der Waals surface area contributed by atoms with Gasteiger partial charge in [-0.25, -0.2) is 4.98 Å². The van der Waals surface area contributed by atoms with Crippen LogP contribution in [0.25, 0.3) is 0 Å². The van der Waals surface area contributed by atoms with Gasteiger partial charge in [0.1, 0.15) is 11.6 Å². The summed E-state index contributed by atoms with van der Waals surface area (Å²) in [7, 11) is 1.48. The standard InChI is InChI=1S/C13H10Cl2F3N3/c1-19-11-4-7(13(16,17)18)5-12(21-11)20-10-6-8(14)2-3-9(10)15/h2-6H,1H3,(H2,19,20,21). The van der Waals surface area contributed by atoms with Gasteiger partial charge in [0, 0.05) is 12.1 Å². The van der Waals surface area contributed by atoms with E-state index in [1.807, 2.05) is 0 Å². The number of nitrogens with one attached hydrogen (secondary N) is 2. The molecule has 0 aliphatic rings. The first kappa shape index (κ1) is 15.7. The van der Waals surface area contributed by atoms with Crippen molar-refractivity contribution in [3.05, 3.63) is 45.9 Å². The SMILES string of the molecule is CNc1cc(C(F)(F)F)cc(Nc2cc(Cl)ccc2Cl)n1. The van der Waals surface area contributed by atoms with Gasteiger partial charge in [0.05, 0.1) is 16.3 Å². The molecule has 112 valence electrons. The van der Waals surface area contributed by atoms with Crippen molar-refractivity contribution in [3.8, 4) is 0 Å². The quantitative estimate of drug-likeness (QED) is 0.810.